The first-order valence-corrected chi connectivity index (χ1v) is 12.2. The Labute approximate surface area is 184 Å². The topological polar surface area (TPSA) is 46.6 Å². The highest BCUT2D eigenvalue weighted by molar-refractivity contribution is 7.90. The zero-order valence-electron chi connectivity index (χ0n) is 16.2. The Morgan fingerprint density at radius 1 is 1.10 bits per heavy atom. The van der Waals surface area contributed by atoms with E-state index in [2.05, 4.69) is 0 Å². The van der Waals surface area contributed by atoms with Gasteiger partial charge in [-0.05, 0) is 48.4 Å². The van der Waals surface area contributed by atoms with Gasteiger partial charge in [-0.1, -0.05) is 23.2 Å². The molecule has 0 N–H and O–H groups in total. The van der Waals surface area contributed by atoms with Crippen LogP contribution >= 0.6 is 23.2 Å². The van der Waals surface area contributed by atoms with Crippen molar-refractivity contribution in [1.82, 2.24) is 4.90 Å². The number of hydrogen-bond acceptors (Lipinski definition) is 4. The Balaban J connectivity index is 1.65. The fraction of sp³-hybridized carbons (Fsp3) is 0.429. The number of sulfone groups is 1. The van der Waals surface area contributed by atoms with Gasteiger partial charge in [-0.2, -0.15) is 0 Å². The van der Waals surface area contributed by atoms with E-state index < -0.39 is 21.9 Å². The van der Waals surface area contributed by atoms with E-state index in [0.717, 1.165) is 17.4 Å². The smallest absolute Gasteiger partial charge is 0.250 e. The third-order valence-electron chi connectivity index (χ3n) is 5.78. The number of piperidine rings is 1. The summed E-state index contributed by atoms with van der Waals surface area (Å²) in [4.78, 5) is 2.22. The molecule has 2 aromatic rings. The minimum atomic E-state index is -3.32. The van der Waals surface area contributed by atoms with Gasteiger partial charge in [0.05, 0.1) is 10.9 Å². The zero-order valence-corrected chi connectivity index (χ0v) is 18.6. The van der Waals surface area contributed by atoms with Crippen molar-refractivity contribution in [3.63, 3.8) is 0 Å². The lowest BCUT2D eigenvalue weighted by atomic mass is 10.0. The third-order valence-corrected chi connectivity index (χ3v) is 7.46. The quantitative estimate of drug-likeness (QED) is 0.611. The highest BCUT2D eigenvalue weighted by Crippen LogP contribution is 2.44. The molecule has 1 aliphatic carbocycles. The van der Waals surface area contributed by atoms with Crippen molar-refractivity contribution < 1.29 is 21.9 Å². The summed E-state index contributed by atoms with van der Waals surface area (Å²) in [7, 11) is -3.32. The Kier molecular flexibility index (Phi) is 5.77. The second-order valence-electron chi connectivity index (χ2n) is 7.90. The van der Waals surface area contributed by atoms with Gasteiger partial charge in [0, 0.05) is 47.8 Å². The lowest BCUT2D eigenvalue weighted by molar-refractivity contribution is -0.0713. The molecule has 30 heavy (non-hydrogen) atoms. The number of hydrogen-bond donors (Lipinski definition) is 0. The molecule has 1 fully saturated rings. The molecule has 0 unspecified atom stereocenters. The van der Waals surface area contributed by atoms with E-state index in [1.165, 1.54) is 12.1 Å². The molecule has 1 heterocycles. The Morgan fingerprint density at radius 3 is 2.33 bits per heavy atom. The number of alkyl halides is 2. The number of benzene rings is 2. The zero-order chi connectivity index (χ0) is 21.7. The molecular weight excluding hydrogens is 455 g/mol. The molecule has 0 aromatic heterocycles. The average molecular weight is 476 g/mol. The van der Waals surface area contributed by atoms with E-state index in [1.54, 1.807) is 24.3 Å². The fourth-order valence-corrected chi connectivity index (χ4v) is 5.39. The second-order valence-corrected chi connectivity index (χ2v) is 10.8. The van der Waals surface area contributed by atoms with Crippen LogP contribution in [0.3, 0.4) is 0 Å². The van der Waals surface area contributed by atoms with Crippen molar-refractivity contribution in [2.24, 2.45) is 0 Å². The van der Waals surface area contributed by atoms with E-state index in [1.807, 2.05) is 4.90 Å². The van der Waals surface area contributed by atoms with Gasteiger partial charge in [0.2, 0.25) is 0 Å². The molecule has 0 bridgehead atoms. The summed E-state index contributed by atoms with van der Waals surface area (Å²) in [5.74, 6) is -2.15. The van der Waals surface area contributed by atoms with E-state index >= 15 is 0 Å². The first-order chi connectivity index (χ1) is 14.0. The maximum absolute atomic E-state index is 13.7. The van der Waals surface area contributed by atoms with E-state index in [9.17, 15) is 17.2 Å². The van der Waals surface area contributed by atoms with Crippen LogP contribution in [-0.4, -0.2) is 44.6 Å². The Bertz CT molecular complexity index is 1050. The van der Waals surface area contributed by atoms with Crippen LogP contribution in [0.15, 0.2) is 41.3 Å². The molecule has 0 saturated carbocycles. The predicted octanol–water partition coefficient (Wildman–Crippen LogP) is 5.17. The highest BCUT2D eigenvalue weighted by Gasteiger charge is 2.43. The summed E-state index contributed by atoms with van der Waals surface area (Å²) in [5, 5.41) is 1.01. The fourth-order valence-electron chi connectivity index (χ4n) is 4.17. The SMILES string of the molecule is CS(=O)(=O)c1ccc(O[C@H]2c3cc(Cl)cc(Cl)c3C[C@@H]2N2CCC(F)(F)CC2)cc1. The molecular formula is C21H21Cl2F2NO3S. The normalized spacial score (nSPS) is 23.9. The van der Waals surface area contributed by atoms with Crippen LogP contribution in [0.1, 0.15) is 30.1 Å². The average Bonchev–Trinajstić information content (AvgIpc) is 3.00. The van der Waals surface area contributed by atoms with E-state index in [0.29, 0.717) is 22.2 Å². The molecule has 4 rings (SSSR count). The van der Waals surface area contributed by atoms with Crippen LogP contribution in [-0.2, 0) is 16.3 Å². The second kappa shape index (κ2) is 7.93. The predicted molar refractivity (Wildman–Crippen MR) is 113 cm³/mol. The largest absolute Gasteiger partial charge is 0.484 e. The van der Waals surface area contributed by atoms with Gasteiger partial charge in [-0.3, -0.25) is 4.90 Å². The molecule has 4 nitrogen and oxygen atoms in total. The van der Waals surface area contributed by atoms with Gasteiger partial charge in [0.15, 0.2) is 9.84 Å². The van der Waals surface area contributed by atoms with Gasteiger partial charge in [0.1, 0.15) is 11.9 Å². The minimum absolute atomic E-state index is 0.165. The maximum Gasteiger partial charge on any atom is 0.250 e. The van der Waals surface area contributed by atoms with Crippen LogP contribution in [0.4, 0.5) is 8.78 Å². The monoisotopic (exact) mass is 475 g/mol. The van der Waals surface area contributed by atoms with Crippen molar-refractivity contribution in [3.05, 3.63) is 57.6 Å². The number of likely N-dealkylation sites (tertiary alicyclic amines) is 1. The van der Waals surface area contributed by atoms with Crippen LogP contribution < -0.4 is 4.74 Å². The highest BCUT2D eigenvalue weighted by atomic mass is 35.5. The third kappa shape index (κ3) is 4.44. The number of fused-ring (bicyclic) bond motifs is 1. The number of halogens is 4. The molecule has 9 heteroatoms. The van der Waals surface area contributed by atoms with Gasteiger partial charge in [0.25, 0.3) is 5.92 Å². The van der Waals surface area contributed by atoms with Crippen molar-refractivity contribution in [2.45, 2.75) is 42.2 Å². The molecule has 162 valence electrons. The van der Waals surface area contributed by atoms with Crippen LogP contribution in [0, 0.1) is 0 Å². The number of rotatable bonds is 4. The molecule has 1 aliphatic heterocycles. The standard InChI is InChI=1S/C21H21Cl2F2NO3S/c1-30(27,28)15-4-2-14(3-5-15)29-20-17-10-13(22)11-18(23)16(17)12-19(20)26-8-6-21(24,25)7-9-26/h2-5,10-11,19-20H,6-9,12H2,1H3/t19-,20-/m0/s1. The molecule has 2 aliphatic rings. The minimum Gasteiger partial charge on any atom is -0.484 e. The lowest BCUT2D eigenvalue weighted by Crippen LogP contribution is -2.47. The van der Waals surface area contributed by atoms with Crippen LogP contribution in [0.25, 0.3) is 0 Å². The summed E-state index contributed by atoms with van der Waals surface area (Å²) in [6.07, 6.45) is 0.881. The van der Waals surface area contributed by atoms with Crippen LogP contribution in [0.2, 0.25) is 10.0 Å². The van der Waals surface area contributed by atoms with E-state index in [4.69, 9.17) is 27.9 Å². The van der Waals surface area contributed by atoms with Gasteiger partial charge >= 0.3 is 0 Å². The van der Waals surface area contributed by atoms with Gasteiger partial charge in [-0.25, -0.2) is 17.2 Å². The van der Waals surface area contributed by atoms with Crippen molar-refractivity contribution in [2.75, 3.05) is 19.3 Å². The summed E-state index contributed by atoms with van der Waals surface area (Å²) in [6.45, 7) is 0.535. The molecule has 0 radical (unpaired) electrons. The Hall–Kier alpha value is -1.41. The van der Waals surface area contributed by atoms with Crippen molar-refractivity contribution in [3.8, 4) is 5.75 Å². The van der Waals surface area contributed by atoms with Crippen molar-refractivity contribution >= 4 is 33.0 Å². The maximum atomic E-state index is 13.7. The molecule has 0 spiro atoms. The van der Waals surface area contributed by atoms with Crippen molar-refractivity contribution in [1.29, 1.82) is 0 Å². The molecule has 0 amide bonds. The van der Waals surface area contributed by atoms with Gasteiger partial charge in [-0.15, -0.1) is 0 Å². The first kappa shape index (κ1) is 21.8. The first-order valence-electron chi connectivity index (χ1n) is 9.60. The Morgan fingerprint density at radius 2 is 1.73 bits per heavy atom. The molecule has 1 saturated heterocycles. The lowest BCUT2D eigenvalue weighted by Gasteiger charge is -2.38. The van der Waals surface area contributed by atoms with Gasteiger partial charge < -0.3 is 4.74 Å². The molecule has 2 atom stereocenters. The van der Waals surface area contributed by atoms with Crippen LogP contribution in [0.5, 0.6) is 5.75 Å². The summed E-state index contributed by atoms with van der Waals surface area (Å²) in [6, 6.07) is 9.48. The number of ether oxygens (including phenoxy) is 1. The van der Waals surface area contributed by atoms with E-state index in [-0.39, 0.29) is 36.9 Å². The molecule has 2 aromatic carbocycles. The summed E-state index contributed by atoms with van der Waals surface area (Å²) < 4.78 is 57.0. The number of nitrogens with zero attached hydrogens (tertiary/aromatic N) is 1. The summed E-state index contributed by atoms with van der Waals surface area (Å²) in [5.41, 5.74) is 1.74. The summed E-state index contributed by atoms with van der Waals surface area (Å²) >= 11 is 12.6.